The third-order valence-corrected chi connectivity index (χ3v) is 4.81. The van der Waals surface area contributed by atoms with Crippen LogP contribution in [-0.2, 0) is 0 Å². The maximum atomic E-state index is 10.9. The van der Waals surface area contributed by atoms with Crippen LogP contribution in [0.3, 0.4) is 0 Å². The smallest absolute Gasteiger partial charge is 0.258 e. The molecule has 9 nitrogen and oxygen atoms in total. The SMILES string of the molecule is Cc1ccc2nn(-c3nc4nc5ccc([N+](=O)[O-])cc5nc4s3)nc2c1. The van der Waals surface area contributed by atoms with Crippen LogP contribution >= 0.6 is 11.3 Å². The number of fused-ring (bicyclic) bond motifs is 3. The van der Waals surface area contributed by atoms with Gasteiger partial charge in [0.15, 0.2) is 10.5 Å². The highest BCUT2D eigenvalue weighted by Crippen LogP contribution is 2.26. The third kappa shape index (κ3) is 2.27. The molecule has 126 valence electrons. The average Bonchev–Trinajstić information content (AvgIpc) is 3.21. The minimum atomic E-state index is -0.454. The Morgan fingerprint density at radius 1 is 0.962 bits per heavy atom. The van der Waals surface area contributed by atoms with E-state index in [1.54, 1.807) is 6.07 Å². The molecule has 0 aliphatic heterocycles. The van der Waals surface area contributed by atoms with Crippen molar-refractivity contribution in [3.05, 3.63) is 52.1 Å². The van der Waals surface area contributed by atoms with E-state index in [9.17, 15) is 10.1 Å². The van der Waals surface area contributed by atoms with Crippen LogP contribution in [0.1, 0.15) is 5.56 Å². The Morgan fingerprint density at radius 2 is 1.77 bits per heavy atom. The Hall–Kier alpha value is -3.53. The lowest BCUT2D eigenvalue weighted by molar-refractivity contribution is -0.384. The number of benzene rings is 2. The molecule has 0 N–H and O–H groups in total. The summed E-state index contributed by atoms with van der Waals surface area (Å²) in [6.45, 7) is 1.99. The first kappa shape index (κ1) is 14.8. The van der Waals surface area contributed by atoms with Crippen LogP contribution < -0.4 is 0 Å². The standard InChI is InChI=1S/C16H9N7O2S/c1-8-2-4-11-13(6-8)21-22(20-11)16-19-14-15(26-16)18-12-7-9(23(24)25)3-5-10(12)17-14/h2-7H,1H3. The number of hydrogen-bond acceptors (Lipinski definition) is 8. The van der Waals surface area contributed by atoms with Crippen molar-refractivity contribution < 1.29 is 4.92 Å². The van der Waals surface area contributed by atoms with Crippen molar-refractivity contribution in [2.24, 2.45) is 0 Å². The van der Waals surface area contributed by atoms with Gasteiger partial charge < -0.3 is 0 Å². The maximum Gasteiger partial charge on any atom is 0.271 e. The Labute approximate surface area is 149 Å². The van der Waals surface area contributed by atoms with Crippen LogP contribution in [0.25, 0.3) is 37.7 Å². The number of non-ortho nitro benzene ring substituents is 1. The number of nitro benzene ring substituents is 1. The third-order valence-electron chi connectivity index (χ3n) is 3.91. The van der Waals surface area contributed by atoms with Crippen LogP contribution in [0, 0.1) is 17.0 Å². The second-order valence-corrected chi connectivity index (χ2v) is 6.72. The Kier molecular flexibility index (Phi) is 2.97. The first-order valence-corrected chi connectivity index (χ1v) is 8.45. The van der Waals surface area contributed by atoms with Gasteiger partial charge in [0, 0.05) is 12.1 Å². The quantitative estimate of drug-likeness (QED) is 0.349. The van der Waals surface area contributed by atoms with Crippen molar-refractivity contribution in [2.75, 3.05) is 0 Å². The topological polar surface area (TPSA) is 113 Å². The highest BCUT2D eigenvalue weighted by molar-refractivity contribution is 7.20. The van der Waals surface area contributed by atoms with Crippen LogP contribution in [0.15, 0.2) is 36.4 Å². The first-order chi connectivity index (χ1) is 12.6. The summed E-state index contributed by atoms with van der Waals surface area (Å²) in [4.78, 5) is 25.9. The molecule has 0 aliphatic rings. The molecule has 3 heterocycles. The second kappa shape index (κ2) is 5.23. The number of rotatable bonds is 2. The molecule has 0 amide bonds. The molecule has 0 unspecified atom stereocenters. The molecular weight excluding hydrogens is 354 g/mol. The lowest BCUT2D eigenvalue weighted by Crippen LogP contribution is -1.97. The molecule has 26 heavy (non-hydrogen) atoms. The number of aryl methyl sites for hydroxylation is 1. The van der Waals surface area contributed by atoms with Crippen LogP contribution in [0.2, 0.25) is 0 Å². The molecule has 0 spiro atoms. The Balaban J connectivity index is 1.68. The van der Waals surface area contributed by atoms with E-state index in [2.05, 4.69) is 25.1 Å². The lowest BCUT2D eigenvalue weighted by Gasteiger charge is -1.96. The molecule has 3 aromatic heterocycles. The summed E-state index contributed by atoms with van der Waals surface area (Å²) in [5.74, 6) is 0. The molecule has 10 heteroatoms. The zero-order valence-electron chi connectivity index (χ0n) is 13.3. The minimum Gasteiger partial charge on any atom is -0.258 e. The summed E-state index contributed by atoms with van der Waals surface area (Å²) in [6.07, 6.45) is 0. The van der Waals surface area contributed by atoms with E-state index in [1.807, 2.05) is 25.1 Å². The summed E-state index contributed by atoms with van der Waals surface area (Å²) in [6, 6.07) is 10.2. The van der Waals surface area contributed by atoms with Gasteiger partial charge in [-0.15, -0.1) is 15.0 Å². The minimum absolute atomic E-state index is 0.0220. The normalized spacial score (nSPS) is 11.6. The molecule has 0 aliphatic carbocycles. The summed E-state index contributed by atoms with van der Waals surface area (Å²) in [5.41, 5.74) is 4.10. The van der Waals surface area contributed by atoms with Gasteiger partial charge in [-0.1, -0.05) is 17.4 Å². The second-order valence-electron chi connectivity index (χ2n) is 5.76. The summed E-state index contributed by atoms with van der Waals surface area (Å²) in [5, 5.41) is 20.4. The van der Waals surface area contributed by atoms with Gasteiger partial charge in [0.1, 0.15) is 11.0 Å². The predicted molar refractivity (Wildman–Crippen MR) is 96.5 cm³/mol. The van der Waals surface area contributed by atoms with Gasteiger partial charge in [0.25, 0.3) is 5.69 Å². The number of nitro groups is 1. The molecule has 0 radical (unpaired) electrons. The maximum absolute atomic E-state index is 10.9. The van der Waals surface area contributed by atoms with Crippen molar-refractivity contribution in [3.8, 4) is 5.13 Å². The van der Waals surface area contributed by atoms with Gasteiger partial charge in [0.05, 0.1) is 16.0 Å². The molecule has 5 aromatic rings. The van der Waals surface area contributed by atoms with Crippen molar-refractivity contribution in [3.63, 3.8) is 0 Å². The van der Waals surface area contributed by atoms with Crippen molar-refractivity contribution in [2.45, 2.75) is 6.92 Å². The van der Waals surface area contributed by atoms with Crippen LogP contribution in [0.5, 0.6) is 0 Å². The fraction of sp³-hybridized carbons (Fsp3) is 0.0625. The molecule has 0 atom stereocenters. The predicted octanol–water partition coefficient (Wildman–Crippen LogP) is 3.19. The molecule has 0 bridgehead atoms. The van der Waals surface area contributed by atoms with Crippen LogP contribution in [-0.4, -0.2) is 34.9 Å². The Morgan fingerprint density at radius 3 is 2.62 bits per heavy atom. The number of hydrogen-bond donors (Lipinski definition) is 0. The van der Waals surface area contributed by atoms with E-state index in [-0.39, 0.29) is 5.69 Å². The van der Waals surface area contributed by atoms with Gasteiger partial charge in [-0.3, -0.25) is 10.1 Å². The van der Waals surface area contributed by atoms with Gasteiger partial charge in [-0.25, -0.2) is 9.97 Å². The molecular formula is C16H9N7O2S. The summed E-state index contributed by atoms with van der Waals surface area (Å²) >= 11 is 1.28. The van der Waals surface area contributed by atoms with Crippen molar-refractivity contribution in [1.29, 1.82) is 0 Å². The van der Waals surface area contributed by atoms with E-state index in [0.29, 0.717) is 26.6 Å². The van der Waals surface area contributed by atoms with Gasteiger partial charge >= 0.3 is 0 Å². The highest BCUT2D eigenvalue weighted by atomic mass is 32.1. The van der Waals surface area contributed by atoms with E-state index in [4.69, 9.17) is 0 Å². The largest absolute Gasteiger partial charge is 0.271 e. The van der Waals surface area contributed by atoms with Gasteiger partial charge in [-0.2, -0.15) is 4.98 Å². The van der Waals surface area contributed by atoms with Crippen molar-refractivity contribution in [1.82, 2.24) is 29.9 Å². The molecule has 0 saturated heterocycles. The summed E-state index contributed by atoms with van der Waals surface area (Å²) < 4.78 is 0. The van der Waals surface area contributed by atoms with Crippen molar-refractivity contribution >= 4 is 49.6 Å². The average molecular weight is 363 g/mol. The van der Waals surface area contributed by atoms with E-state index < -0.39 is 4.92 Å². The zero-order valence-corrected chi connectivity index (χ0v) is 14.1. The lowest BCUT2D eigenvalue weighted by atomic mass is 10.2. The molecule has 0 fully saturated rings. The number of aromatic nitrogens is 6. The molecule has 5 rings (SSSR count). The molecule has 0 saturated carbocycles. The van der Waals surface area contributed by atoms with Gasteiger partial charge in [0.2, 0.25) is 5.13 Å². The monoisotopic (exact) mass is 363 g/mol. The summed E-state index contributed by atoms with van der Waals surface area (Å²) in [7, 11) is 0. The van der Waals surface area contributed by atoms with E-state index in [0.717, 1.165) is 16.6 Å². The molecule has 2 aromatic carbocycles. The first-order valence-electron chi connectivity index (χ1n) is 7.64. The number of thiazole rings is 1. The van der Waals surface area contributed by atoms with E-state index in [1.165, 1.54) is 28.3 Å². The fourth-order valence-electron chi connectivity index (χ4n) is 2.67. The van der Waals surface area contributed by atoms with Crippen LogP contribution in [0.4, 0.5) is 5.69 Å². The van der Waals surface area contributed by atoms with E-state index >= 15 is 0 Å². The zero-order chi connectivity index (χ0) is 17.8. The van der Waals surface area contributed by atoms with Gasteiger partial charge in [-0.05, 0) is 30.7 Å². The fourth-order valence-corrected chi connectivity index (χ4v) is 3.46. The Bertz CT molecular complexity index is 1340. The number of nitrogens with zero attached hydrogens (tertiary/aromatic N) is 7. The highest BCUT2D eigenvalue weighted by Gasteiger charge is 2.14.